The zero-order valence-corrected chi connectivity index (χ0v) is 13.6. The summed E-state index contributed by atoms with van der Waals surface area (Å²) in [7, 11) is 1.88. The molecule has 0 amide bonds. The van der Waals surface area contributed by atoms with Gasteiger partial charge in [0.1, 0.15) is 11.6 Å². The van der Waals surface area contributed by atoms with E-state index in [4.69, 9.17) is 0 Å². The summed E-state index contributed by atoms with van der Waals surface area (Å²) in [6.45, 7) is 1.63. The first-order valence-corrected chi connectivity index (χ1v) is 6.00. The maximum Gasteiger partial charge on any atom is 0.194 e. The highest BCUT2D eigenvalue weighted by molar-refractivity contribution is 14.0. The van der Waals surface area contributed by atoms with Gasteiger partial charge in [-0.2, -0.15) is 0 Å². The topological polar surface area (TPSA) is 27.6 Å². The lowest BCUT2D eigenvalue weighted by Crippen LogP contribution is -2.35. The van der Waals surface area contributed by atoms with E-state index in [2.05, 4.69) is 26.2 Å². The second kappa shape index (κ2) is 6.65. The predicted octanol–water partition coefficient (Wildman–Crippen LogP) is 2.74. The van der Waals surface area contributed by atoms with Crippen LogP contribution >= 0.6 is 39.9 Å². The molecule has 7 heteroatoms. The smallest absolute Gasteiger partial charge is 0.194 e. The molecule has 1 aliphatic rings. The van der Waals surface area contributed by atoms with Crippen molar-refractivity contribution >= 4 is 45.9 Å². The molecule has 0 radical (unpaired) electrons. The van der Waals surface area contributed by atoms with E-state index in [0.717, 1.165) is 6.54 Å². The molecule has 0 aromatic heterocycles. The summed E-state index contributed by atoms with van der Waals surface area (Å²) < 4.78 is 27.4. The molecule has 1 aromatic rings. The molecule has 2 rings (SSSR count). The maximum absolute atomic E-state index is 13.5. The second-order valence-corrected chi connectivity index (χ2v) is 4.74. The Morgan fingerprint density at radius 3 is 2.50 bits per heavy atom. The van der Waals surface area contributed by atoms with Crippen LogP contribution in [0.4, 0.5) is 8.78 Å². The summed E-state index contributed by atoms with van der Waals surface area (Å²) >= 11 is 3.04. The normalized spacial score (nSPS) is 14.2. The molecule has 0 aliphatic carbocycles. The van der Waals surface area contributed by atoms with Gasteiger partial charge in [-0.3, -0.25) is 4.99 Å². The van der Waals surface area contributed by atoms with E-state index in [0.29, 0.717) is 17.0 Å². The molecule has 100 valence electrons. The highest BCUT2D eigenvalue weighted by Crippen LogP contribution is 2.19. The van der Waals surface area contributed by atoms with E-state index < -0.39 is 11.6 Å². The van der Waals surface area contributed by atoms with Crippen molar-refractivity contribution in [2.45, 2.75) is 6.54 Å². The number of benzene rings is 1. The summed E-state index contributed by atoms with van der Waals surface area (Å²) in [4.78, 5) is 6.10. The number of halogens is 4. The Balaban J connectivity index is 0.00000162. The van der Waals surface area contributed by atoms with E-state index >= 15 is 0 Å². The van der Waals surface area contributed by atoms with E-state index in [-0.39, 0.29) is 36.1 Å². The van der Waals surface area contributed by atoms with Crippen LogP contribution in [0.1, 0.15) is 5.56 Å². The van der Waals surface area contributed by atoms with E-state index in [1.807, 2.05) is 11.9 Å². The van der Waals surface area contributed by atoms with Gasteiger partial charge in [0.15, 0.2) is 5.96 Å². The van der Waals surface area contributed by atoms with Crippen molar-refractivity contribution in [3.63, 3.8) is 0 Å². The Hall–Kier alpha value is -0.440. The highest BCUT2D eigenvalue weighted by atomic mass is 127. The summed E-state index contributed by atoms with van der Waals surface area (Å²) in [6.07, 6.45) is 0. The van der Waals surface area contributed by atoms with Gasteiger partial charge in [0.05, 0.1) is 6.54 Å². The molecule has 0 spiro atoms. The van der Waals surface area contributed by atoms with Crippen molar-refractivity contribution in [3.05, 3.63) is 33.8 Å². The molecule has 0 saturated carbocycles. The minimum absolute atomic E-state index is 0. The number of guanidine groups is 1. The average molecular weight is 432 g/mol. The lowest BCUT2D eigenvalue weighted by atomic mass is 10.2. The largest absolute Gasteiger partial charge is 0.352 e. The van der Waals surface area contributed by atoms with Gasteiger partial charge < -0.3 is 10.2 Å². The van der Waals surface area contributed by atoms with Crippen molar-refractivity contribution in [2.75, 3.05) is 20.1 Å². The first kappa shape index (κ1) is 15.6. The fourth-order valence-electron chi connectivity index (χ4n) is 1.63. The van der Waals surface area contributed by atoms with Crippen molar-refractivity contribution in [3.8, 4) is 0 Å². The Labute approximate surface area is 130 Å². The average Bonchev–Trinajstić information content (AvgIpc) is 2.62. The van der Waals surface area contributed by atoms with Gasteiger partial charge in [-0.1, -0.05) is 15.9 Å². The Kier molecular flexibility index (Phi) is 5.77. The third kappa shape index (κ3) is 3.53. The van der Waals surface area contributed by atoms with Gasteiger partial charge in [0, 0.05) is 30.2 Å². The summed E-state index contributed by atoms with van der Waals surface area (Å²) in [5.74, 6) is -0.456. The van der Waals surface area contributed by atoms with E-state index in [1.54, 1.807) is 0 Å². The van der Waals surface area contributed by atoms with Gasteiger partial charge in [-0.25, -0.2) is 8.78 Å². The van der Waals surface area contributed by atoms with Gasteiger partial charge in [0.2, 0.25) is 0 Å². The molecule has 1 N–H and O–H groups in total. The lowest BCUT2D eigenvalue weighted by Gasteiger charge is -2.15. The van der Waals surface area contributed by atoms with Crippen molar-refractivity contribution in [1.29, 1.82) is 0 Å². The minimum atomic E-state index is -0.564. The van der Waals surface area contributed by atoms with Crippen molar-refractivity contribution < 1.29 is 8.78 Å². The molecule has 0 fully saturated rings. The summed E-state index contributed by atoms with van der Waals surface area (Å²) in [5, 5.41) is 2.93. The molecule has 1 aromatic carbocycles. The van der Waals surface area contributed by atoms with Crippen LogP contribution in [-0.2, 0) is 6.54 Å². The number of hydrogen-bond donors (Lipinski definition) is 1. The van der Waals surface area contributed by atoms with E-state index in [1.165, 1.54) is 12.1 Å². The molecule has 1 heterocycles. The SMILES string of the molecule is CN1CCN=C1NCc1c(F)cc(Br)cc1F.I. The van der Waals surface area contributed by atoms with Crippen LogP contribution in [0.3, 0.4) is 0 Å². The Bertz CT molecular complexity index is 445. The molecule has 0 saturated heterocycles. The van der Waals surface area contributed by atoms with Crippen LogP contribution in [0.5, 0.6) is 0 Å². The van der Waals surface area contributed by atoms with E-state index in [9.17, 15) is 8.78 Å². The van der Waals surface area contributed by atoms with Crippen molar-refractivity contribution in [1.82, 2.24) is 10.2 Å². The Morgan fingerprint density at radius 1 is 1.39 bits per heavy atom. The van der Waals surface area contributed by atoms with Crippen LogP contribution < -0.4 is 5.32 Å². The minimum Gasteiger partial charge on any atom is -0.352 e. The van der Waals surface area contributed by atoms with Crippen LogP contribution in [0, 0.1) is 11.6 Å². The van der Waals surface area contributed by atoms with Crippen LogP contribution in [0.25, 0.3) is 0 Å². The van der Waals surface area contributed by atoms with Crippen LogP contribution in [0.15, 0.2) is 21.6 Å². The number of nitrogens with one attached hydrogen (secondary N) is 1. The number of nitrogens with zero attached hydrogens (tertiary/aromatic N) is 2. The number of aliphatic imine (C=N–C) groups is 1. The zero-order chi connectivity index (χ0) is 12.4. The molecule has 18 heavy (non-hydrogen) atoms. The lowest BCUT2D eigenvalue weighted by molar-refractivity contribution is 0.520. The molecule has 1 aliphatic heterocycles. The fraction of sp³-hybridized carbons (Fsp3) is 0.364. The number of rotatable bonds is 2. The molecule has 0 unspecified atom stereocenters. The second-order valence-electron chi connectivity index (χ2n) is 3.83. The van der Waals surface area contributed by atoms with Gasteiger partial charge in [-0.05, 0) is 12.1 Å². The van der Waals surface area contributed by atoms with Crippen LogP contribution in [0.2, 0.25) is 0 Å². The maximum atomic E-state index is 13.5. The first-order chi connectivity index (χ1) is 8.08. The summed E-state index contributed by atoms with van der Waals surface area (Å²) in [5.41, 5.74) is 0.0243. The number of hydrogen-bond acceptors (Lipinski definition) is 3. The quantitative estimate of drug-likeness (QED) is 0.729. The summed E-state index contributed by atoms with van der Waals surface area (Å²) in [6, 6.07) is 2.50. The van der Waals surface area contributed by atoms with Crippen LogP contribution in [-0.4, -0.2) is 31.0 Å². The zero-order valence-electron chi connectivity index (χ0n) is 9.71. The highest BCUT2D eigenvalue weighted by Gasteiger charge is 2.15. The van der Waals surface area contributed by atoms with Gasteiger partial charge in [0.25, 0.3) is 0 Å². The monoisotopic (exact) mass is 431 g/mol. The predicted molar refractivity (Wildman–Crippen MR) is 81.2 cm³/mol. The number of likely N-dealkylation sites (N-methyl/N-ethyl adjacent to an activating group) is 1. The van der Waals surface area contributed by atoms with Gasteiger partial charge >= 0.3 is 0 Å². The molecular weight excluding hydrogens is 419 g/mol. The molecule has 0 bridgehead atoms. The third-order valence-electron chi connectivity index (χ3n) is 2.59. The fourth-order valence-corrected chi connectivity index (χ4v) is 2.03. The molecular formula is C11H13BrF2IN3. The standard InChI is InChI=1S/C11H12BrF2N3.HI/c1-17-3-2-15-11(17)16-6-8-9(13)4-7(12)5-10(8)14;/h4-5H,2-3,6H2,1H3,(H,15,16);1H. The Morgan fingerprint density at radius 2 is 2.00 bits per heavy atom. The van der Waals surface area contributed by atoms with Gasteiger partial charge in [-0.15, -0.1) is 24.0 Å². The third-order valence-corrected chi connectivity index (χ3v) is 3.05. The first-order valence-electron chi connectivity index (χ1n) is 5.21. The van der Waals surface area contributed by atoms with Crippen molar-refractivity contribution in [2.24, 2.45) is 4.99 Å². The molecule has 3 nitrogen and oxygen atoms in total. The molecule has 0 atom stereocenters.